The topological polar surface area (TPSA) is 55.1 Å². The van der Waals surface area contributed by atoms with Crippen molar-refractivity contribution in [2.24, 2.45) is 5.73 Å². The Bertz CT molecular complexity index is 652. The predicted molar refractivity (Wildman–Crippen MR) is 79.3 cm³/mol. The first-order valence-electron chi connectivity index (χ1n) is 5.42. The van der Waals surface area contributed by atoms with Gasteiger partial charge in [0, 0.05) is 10.9 Å². The number of anilines is 1. The first kappa shape index (κ1) is 13.6. The van der Waals surface area contributed by atoms with Gasteiger partial charge in [-0.05, 0) is 36.1 Å². The molecule has 0 saturated carbocycles. The smallest absolute Gasteiger partial charge is 0.256 e. The van der Waals surface area contributed by atoms with Gasteiger partial charge in [0.1, 0.15) is 10.8 Å². The molecule has 0 aliphatic carbocycles. The number of amides is 1. The van der Waals surface area contributed by atoms with Gasteiger partial charge in [-0.1, -0.05) is 12.2 Å². The van der Waals surface area contributed by atoms with Crippen molar-refractivity contribution in [3.63, 3.8) is 0 Å². The van der Waals surface area contributed by atoms with Crippen LogP contribution in [-0.4, -0.2) is 10.9 Å². The van der Waals surface area contributed by atoms with Gasteiger partial charge < -0.3 is 11.1 Å². The fourth-order valence-electron chi connectivity index (χ4n) is 1.61. The van der Waals surface area contributed by atoms with Crippen molar-refractivity contribution in [3.8, 4) is 0 Å². The van der Waals surface area contributed by atoms with Crippen molar-refractivity contribution >= 4 is 40.1 Å². The van der Waals surface area contributed by atoms with E-state index in [1.54, 1.807) is 5.38 Å². The largest absolute Gasteiger partial charge is 0.389 e. The van der Waals surface area contributed by atoms with Crippen LogP contribution in [0.25, 0.3) is 0 Å². The van der Waals surface area contributed by atoms with Gasteiger partial charge in [0.25, 0.3) is 5.91 Å². The van der Waals surface area contributed by atoms with Crippen LogP contribution in [-0.2, 0) is 0 Å². The minimum absolute atomic E-state index is 0.0387. The van der Waals surface area contributed by atoms with Crippen molar-refractivity contribution in [1.82, 2.24) is 0 Å². The van der Waals surface area contributed by atoms with E-state index in [0.29, 0.717) is 16.8 Å². The van der Waals surface area contributed by atoms with E-state index in [1.165, 1.54) is 29.5 Å². The number of nitrogens with one attached hydrogen (secondary N) is 1. The van der Waals surface area contributed by atoms with Gasteiger partial charge in [0.15, 0.2) is 0 Å². The maximum Gasteiger partial charge on any atom is 0.256 e. The maximum absolute atomic E-state index is 13.2. The molecule has 0 radical (unpaired) electrons. The number of hydrogen-bond acceptors (Lipinski definition) is 3. The number of halogens is 1. The standard InChI is InChI=1S/C13H11FN2OS2/c1-7-5-19-6-10(7)13(17)16-11-3-2-8(14)4-9(11)12(15)18/h2-6H,1H3,(H2,15,18)(H,16,17). The van der Waals surface area contributed by atoms with Crippen molar-refractivity contribution in [3.05, 3.63) is 51.5 Å². The summed E-state index contributed by atoms with van der Waals surface area (Å²) in [6.07, 6.45) is 0. The SMILES string of the molecule is Cc1cscc1C(=O)Nc1ccc(F)cc1C(N)=S. The van der Waals surface area contributed by atoms with E-state index in [-0.39, 0.29) is 10.9 Å². The first-order valence-corrected chi connectivity index (χ1v) is 6.77. The molecule has 0 aliphatic rings. The summed E-state index contributed by atoms with van der Waals surface area (Å²) in [5.41, 5.74) is 7.72. The van der Waals surface area contributed by atoms with Crippen LogP contribution in [0.4, 0.5) is 10.1 Å². The highest BCUT2D eigenvalue weighted by Gasteiger charge is 2.13. The molecule has 1 amide bonds. The van der Waals surface area contributed by atoms with Crippen molar-refractivity contribution in [2.75, 3.05) is 5.32 Å². The van der Waals surface area contributed by atoms with Gasteiger partial charge in [-0.15, -0.1) is 0 Å². The molecule has 0 aliphatic heterocycles. The molecular formula is C13H11FN2OS2. The minimum Gasteiger partial charge on any atom is -0.389 e. The Morgan fingerprint density at radius 3 is 2.68 bits per heavy atom. The zero-order chi connectivity index (χ0) is 14.0. The van der Waals surface area contributed by atoms with E-state index in [0.717, 1.165) is 5.56 Å². The van der Waals surface area contributed by atoms with Crippen molar-refractivity contribution < 1.29 is 9.18 Å². The summed E-state index contributed by atoms with van der Waals surface area (Å²) >= 11 is 6.30. The number of aryl methyl sites for hydroxylation is 1. The van der Waals surface area contributed by atoms with E-state index in [4.69, 9.17) is 18.0 Å². The molecule has 0 unspecified atom stereocenters. The second-order valence-electron chi connectivity index (χ2n) is 3.98. The molecule has 0 fully saturated rings. The van der Waals surface area contributed by atoms with Gasteiger partial charge >= 0.3 is 0 Å². The molecule has 0 saturated heterocycles. The quantitative estimate of drug-likeness (QED) is 0.855. The van der Waals surface area contributed by atoms with Gasteiger partial charge in [-0.25, -0.2) is 4.39 Å². The van der Waals surface area contributed by atoms with Crippen LogP contribution in [0.3, 0.4) is 0 Å². The number of thiophene rings is 1. The zero-order valence-corrected chi connectivity index (χ0v) is 11.7. The summed E-state index contributed by atoms with van der Waals surface area (Å²) in [7, 11) is 0. The average molecular weight is 294 g/mol. The van der Waals surface area contributed by atoms with E-state index < -0.39 is 5.82 Å². The lowest BCUT2D eigenvalue weighted by atomic mass is 10.1. The minimum atomic E-state index is -0.451. The van der Waals surface area contributed by atoms with Crippen LogP contribution in [0, 0.1) is 12.7 Å². The zero-order valence-electron chi connectivity index (χ0n) is 10.1. The number of carbonyl (C=O) groups excluding carboxylic acids is 1. The summed E-state index contributed by atoms with van der Waals surface area (Å²) in [4.78, 5) is 12.1. The Labute approximate surface area is 119 Å². The van der Waals surface area contributed by atoms with Crippen LogP contribution in [0.2, 0.25) is 0 Å². The Kier molecular flexibility index (Phi) is 3.92. The molecule has 6 heteroatoms. The highest BCUT2D eigenvalue weighted by atomic mass is 32.1. The van der Waals surface area contributed by atoms with E-state index in [9.17, 15) is 9.18 Å². The average Bonchev–Trinajstić information content (AvgIpc) is 2.77. The molecular weight excluding hydrogens is 283 g/mol. The third-order valence-corrected chi connectivity index (χ3v) is 3.68. The molecule has 1 aromatic heterocycles. The lowest BCUT2D eigenvalue weighted by molar-refractivity contribution is 0.102. The summed E-state index contributed by atoms with van der Waals surface area (Å²) < 4.78 is 13.2. The highest BCUT2D eigenvalue weighted by Crippen LogP contribution is 2.20. The van der Waals surface area contributed by atoms with Crippen molar-refractivity contribution in [1.29, 1.82) is 0 Å². The molecule has 0 bridgehead atoms. The van der Waals surface area contributed by atoms with Crippen LogP contribution in [0.5, 0.6) is 0 Å². The highest BCUT2D eigenvalue weighted by molar-refractivity contribution is 7.80. The van der Waals surface area contributed by atoms with Crippen molar-refractivity contribution in [2.45, 2.75) is 6.92 Å². The Morgan fingerprint density at radius 1 is 1.37 bits per heavy atom. The summed E-state index contributed by atoms with van der Waals surface area (Å²) in [6, 6.07) is 3.90. The van der Waals surface area contributed by atoms with Gasteiger partial charge in [0.2, 0.25) is 0 Å². The van der Waals surface area contributed by atoms with E-state index in [1.807, 2.05) is 12.3 Å². The van der Waals surface area contributed by atoms with Gasteiger partial charge in [-0.2, -0.15) is 11.3 Å². The number of rotatable bonds is 3. The number of benzene rings is 1. The summed E-state index contributed by atoms with van der Waals surface area (Å²) in [5, 5.41) is 6.34. The summed E-state index contributed by atoms with van der Waals surface area (Å²) in [6.45, 7) is 1.85. The molecule has 3 nitrogen and oxygen atoms in total. The first-order chi connectivity index (χ1) is 8.99. The Morgan fingerprint density at radius 2 is 2.11 bits per heavy atom. The third-order valence-electron chi connectivity index (χ3n) is 2.60. The number of nitrogens with two attached hydrogens (primary N) is 1. The molecule has 98 valence electrons. The monoisotopic (exact) mass is 294 g/mol. The molecule has 19 heavy (non-hydrogen) atoms. The molecule has 1 heterocycles. The number of thiocarbonyl (C=S) groups is 1. The number of carbonyl (C=O) groups is 1. The molecule has 0 spiro atoms. The predicted octanol–water partition coefficient (Wildman–Crippen LogP) is 3.08. The van der Waals surface area contributed by atoms with Crippen LogP contribution in [0.1, 0.15) is 21.5 Å². The Balaban J connectivity index is 2.32. The lowest BCUT2D eigenvalue weighted by Crippen LogP contribution is -2.18. The fourth-order valence-corrected chi connectivity index (χ4v) is 2.61. The van der Waals surface area contributed by atoms with Crippen LogP contribution in [0.15, 0.2) is 29.0 Å². The second-order valence-corrected chi connectivity index (χ2v) is 5.16. The third kappa shape index (κ3) is 2.97. The molecule has 1 aromatic carbocycles. The Hall–Kier alpha value is -1.79. The van der Waals surface area contributed by atoms with E-state index >= 15 is 0 Å². The maximum atomic E-state index is 13.2. The summed E-state index contributed by atoms with van der Waals surface area (Å²) in [5.74, 6) is -0.713. The van der Waals surface area contributed by atoms with E-state index in [2.05, 4.69) is 5.32 Å². The molecule has 0 atom stereocenters. The van der Waals surface area contributed by atoms with Crippen LogP contribution >= 0.6 is 23.6 Å². The molecule has 2 aromatic rings. The van der Waals surface area contributed by atoms with Gasteiger partial charge in [0.05, 0.1) is 11.3 Å². The number of hydrogen-bond donors (Lipinski definition) is 2. The molecule has 3 N–H and O–H groups in total. The van der Waals surface area contributed by atoms with Gasteiger partial charge in [-0.3, -0.25) is 4.79 Å². The van der Waals surface area contributed by atoms with Crippen LogP contribution < -0.4 is 11.1 Å². The second kappa shape index (κ2) is 5.46. The molecule has 2 rings (SSSR count). The lowest BCUT2D eigenvalue weighted by Gasteiger charge is -2.10. The normalized spacial score (nSPS) is 10.2. The fraction of sp³-hybridized carbons (Fsp3) is 0.0769.